The fourth-order valence-corrected chi connectivity index (χ4v) is 3.98. The lowest BCUT2D eigenvalue weighted by atomic mass is 10.2. The molecule has 0 bridgehead atoms. The van der Waals surface area contributed by atoms with Gasteiger partial charge in [-0.05, 0) is 43.5 Å². The number of nitrogens with zero attached hydrogens (tertiary/aromatic N) is 1. The number of nitrogens with one attached hydrogen (secondary N) is 3. The fraction of sp³-hybridized carbons (Fsp3) is 0.0909. The molecule has 0 radical (unpaired) electrons. The van der Waals surface area contributed by atoms with Crippen molar-refractivity contribution >= 4 is 34.8 Å². The molecule has 2 heterocycles. The average molecular weight is 390 g/mol. The molecule has 0 fully saturated rings. The number of aliphatic hydroxyl groups is 1. The van der Waals surface area contributed by atoms with Crippen LogP contribution in [0.15, 0.2) is 76.7 Å². The smallest absolute Gasteiger partial charge is 0.203 e. The van der Waals surface area contributed by atoms with Crippen LogP contribution in [0.4, 0.5) is 0 Å². The molecular formula is C22H21N4OS+. The van der Waals surface area contributed by atoms with Crippen LogP contribution in [-0.2, 0) is 0 Å². The van der Waals surface area contributed by atoms with Crippen molar-refractivity contribution in [2.45, 2.75) is 16.0 Å². The van der Waals surface area contributed by atoms with Crippen LogP contribution >= 0.6 is 11.8 Å². The van der Waals surface area contributed by atoms with Gasteiger partial charge < -0.3 is 5.11 Å². The second-order valence-corrected chi connectivity index (χ2v) is 7.41. The molecule has 0 spiro atoms. The van der Waals surface area contributed by atoms with Gasteiger partial charge in [0.1, 0.15) is 6.23 Å². The number of hydrogen-bond acceptors (Lipinski definition) is 4. The maximum absolute atomic E-state index is 10.2. The van der Waals surface area contributed by atoms with Gasteiger partial charge >= 0.3 is 0 Å². The van der Waals surface area contributed by atoms with Gasteiger partial charge in [0.25, 0.3) is 0 Å². The molecule has 0 amide bonds. The highest BCUT2D eigenvalue weighted by atomic mass is 32.2. The number of rotatable bonds is 6. The number of pyridine rings is 1. The maximum atomic E-state index is 10.2. The van der Waals surface area contributed by atoms with E-state index in [4.69, 9.17) is 0 Å². The lowest BCUT2D eigenvalue weighted by Gasteiger charge is -2.14. The Balaban J connectivity index is 1.59. The molecule has 4 rings (SSSR count). The molecule has 0 aliphatic rings. The van der Waals surface area contributed by atoms with E-state index in [-0.39, 0.29) is 0 Å². The lowest BCUT2D eigenvalue weighted by molar-refractivity contribution is -0.380. The van der Waals surface area contributed by atoms with Gasteiger partial charge in [-0.3, -0.25) is 10.4 Å². The summed E-state index contributed by atoms with van der Waals surface area (Å²) >= 11 is 1.62. The molecule has 1 unspecified atom stereocenters. The van der Waals surface area contributed by atoms with Crippen LogP contribution < -0.4 is 10.3 Å². The molecule has 5 nitrogen and oxygen atoms in total. The highest BCUT2D eigenvalue weighted by Crippen LogP contribution is 2.34. The van der Waals surface area contributed by atoms with Crippen molar-refractivity contribution in [1.29, 1.82) is 0 Å². The zero-order valence-corrected chi connectivity index (χ0v) is 16.2. The fourth-order valence-electron chi connectivity index (χ4n) is 2.97. The molecule has 4 N–H and O–H groups in total. The van der Waals surface area contributed by atoms with Crippen molar-refractivity contribution < 1.29 is 10.1 Å². The third kappa shape index (κ3) is 3.99. The first-order valence-corrected chi connectivity index (χ1v) is 9.81. The van der Waals surface area contributed by atoms with Gasteiger partial charge in [0.2, 0.25) is 5.69 Å². The van der Waals surface area contributed by atoms with Crippen LogP contribution in [-0.4, -0.2) is 22.4 Å². The molecular weight excluding hydrogens is 368 g/mol. The topological polar surface area (TPSA) is 75.1 Å². The predicted octanol–water partition coefficient (Wildman–Crippen LogP) is 3.91. The van der Waals surface area contributed by atoms with Gasteiger partial charge in [-0.15, -0.1) is 0 Å². The number of H-pyrrole nitrogens is 2. The number of aliphatic hydroxyl groups excluding tert-OH is 1. The summed E-state index contributed by atoms with van der Waals surface area (Å²) in [6.07, 6.45) is 5.21. The van der Waals surface area contributed by atoms with E-state index in [0.717, 1.165) is 37.6 Å². The first-order chi connectivity index (χ1) is 13.7. The lowest BCUT2D eigenvalue weighted by Crippen LogP contribution is -2.15. The number of aromatic nitrogens is 3. The van der Waals surface area contributed by atoms with Crippen molar-refractivity contribution in [1.82, 2.24) is 15.5 Å². The molecule has 0 aliphatic carbocycles. The van der Waals surface area contributed by atoms with E-state index in [1.54, 1.807) is 18.8 Å². The highest BCUT2D eigenvalue weighted by molar-refractivity contribution is 7.99. The minimum absolute atomic E-state index is 0.689. The molecule has 4 aromatic rings. The molecule has 1 atom stereocenters. The quantitative estimate of drug-likeness (QED) is 0.437. The van der Waals surface area contributed by atoms with Crippen LogP contribution in [0.25, 0.3) is 23.1 Å². The monoisotopic (exact) mass is 389 g/mol. The van der Waals surface area contributed by atoms with E-state index >= 15 is 0 Å². The van der Waals surface area contributed by atoms with Gasteiger partial charge in [0.05, 0.1) is 11.2 Å². The van der Waals surface area contributed by atoms with Crippen LogP contribution in [0.3, 0.4) is 0 Å². The Morgan fingerprint density at radius 3 is 2.79 bits per heavy atom. The van der Waals surface area contributed by atoms with Crippen LogP contribution in [0.2, 0.25) is 0 Å². The Kier molecular flexibility index (Phi) is 5.53. The third-order valence-corrected chi connectivity index (χ3v) is 5.51. The number of aromatic amines is 2. The van der Waals surface area contributed by atoms with Crippen molar-refractivity contribution in [2.24, 2.45) is 0 Å². The minimum atomic E-state index is -0.689. The summed E-state index contributed by atoms with van der Waals surface area (Å²) in [4.78, 5) is 5.28. The van der Waals surface area contributed by atoms with E-state index in [1.165, 1.54) is 0 Å². The van der Waals surface area contributed by atoms with Crippen molar-refractivity contribution in [3.8, 4) is 0 Å². The van der Waals surface area contributed by atoms with Gasteiger partial charge in [-0.2, -0.15) is 5.10 Å². The van der Waals surface area contributed by atoms with Crippen LogP contribution in [0.5, 0.6) is 0 Å². The molecule has 28 heavy (non-hydrogen) atoms. The Morgan fingerprint density at radius 2 is 1.96 bits per heavy atom. The van der Waals surface area contributed by atoms with E-state index in [0.29, 0.717) is 0 Å². The van der Waals surface area contributed by atoms with Gasteiger partial charge in [-0.25, -0.2) is 4.98 Å². The summed E-state index contributed by atoms with van der Waals surface area (Å²) in [6, 6.07) is 20.1. The van der Waals surface area contributed by atoms with E-state index in [9.17, 15) is 5.11 Å². The Morgan fingerprint density at radius 1 is 1.11 bits per heavy atom. The first kappa shape index (κ1) is 18.4. The van der Waals surface area contributed by atoms with Gasteiger partial charge in [-0.1, -0.05) is 30.0 Å². The molecule has 2 aromatic heterocycles. The van der Waals surface area contributed by atoms with Crippen molar-refractivity contribution in [2.75, 3.05) is 7.05 Å². The highest BCUT2D eigenvalue weighted by Gasteiger charge is 2.12. The number of benzene rings is 2. The summed E-state index contributed by atoms with van der Waals surface area (Å²) in [6.45, 7) is 0. The van der Waals surface area contributed by atoms with Crippen molar-refractivity contribution in [3.63, 3.8) is 0 Å². The zero-order valence-electron chi connectivity index (χ0n) is 15.4. The summed E-state index contributed by atoms with van der Waals surface area (Å²) < 4.78 is 0. The zero-order chi connectivity index (χ0) is 19.3. The molecule has 2 aromatic carbocycles. The largest absolute Gasteiger partial charge is 0.374 e. The van der Waals surface area contributed by atoms with Crippen LogP contribution in [0, 0.1) is 0 Å². The molecule has 0 aliphatic heterocycles. The van der Waals surface area contributed by atoms with Gasteiger partial charge in [0.15, 0.2) is 6.20 Å². The summed E-state index contributed by atoms with van der Waals surface area (Å²) in [7, 11) is 1.74. The number of fused-ring (bicyclic) bond motifs is 1. The second-order valence-electron chi connectivity index (χ2n) is 6.30. The van der Waals surface area contributed by atoms with Crippen LogP contribution in [0.1, 0.15) is 23.2 Å². The Hall–Kier alpha value is -2.93. The molecule has 6 heteroatoms. The third-order valence-electron chi connectivity index (χ3n) is 4.43. The maximum Gasteiger partial charge on any atom is 0.203 e. The van der Waals surface area contributed by atoms with Gasteiger partial charge in [0, 0.05) is 38.9 Å². The molecule has 0 saturated carbocycles. The first-order valence-electron chi connectivity index (χ1n) is 8.99. The average Bonchev–Trinajstić information content (AvgIpc) is 3.15. The molecule has 140 valence electrons. The standard InChI is InChI=1S/C22H20N4OS/c1-23-22(27)18-7-2-3-8-21(18)28-16-10-11-17-19(25-26-20(17)14-16)12-9-15-6-4-5-13-24-15/h2-14,22-23,27H,1H3,(H,25,26)/p+1/b12-9+. The van der Waals surface area contributed by atoms with E-state index in [2.05, 4.69) is 38.7 Å². The van der Waals surface area contributed by atoms with E-state index < -0.39 is 6.23 Å². The normalized spacial score (nSPS) is 12.6. The molecule has 0 saturated heterocycles. The van der Waals surface area contributed by atoms with E-state index in [1.807, 2.05) is 60.8 Å². The SMILES string of the molecule is CNC(O)c1ccccc1Sc1ccc2c(/C=C/c3cccc[nH+]3)n[nH]c2c1. The van der Waals surface area contributed by atoms with Crippen molar-refractivity contribution in [3.05, 3.63) is 83.8 Å². The predicted molar refractivity (Wildman–Crippen MR) is 113 cm³/mol. The Labute approximate surface area is 167 Å². The number of hydrogen-bond donors (Lipinski definition) is 3. The summed E-state index contributed by atoms with van der Waals surface area (Å²) in [5.74, 6) is 0. The minimum Gasteiger partial charge on any atom is -0.374 e. The Bertz CT molecular complexity index is 1110. The summed E-state index contributed by atoms with van der Waals surface area (Å²) in [5.41, 5.74) is 3.76. The second kappa shape index (κ2) is 8.39. The summed E-state index contributed by atoms with van der Waals surface area (Å²) in [5, 5.41) is 21.7.